The van der Waals surface area contributed by atoms with E-state index in [1.54, 1.807) is 30.5 Å². The molecule has 1 aliphatic rings. The van der Waals surface area contributed by atoms with Crippen LogP contribution in [0.4, 0.5) is 5.69 Å². The van der Waals surface area contributed by atoms with Crippen molar-refractivity contribution < 1.29 is 14.3 Å². The molecule has 0 aliphatic carbocycles. The zero-order chi connectivity index (χ0) is 23.9. The van der Waals surface area contributed by atoms with Gasteiger partial charge in [-0.1, -0.05) is 31.0 Å². The van der Waals surface area contributed by atoms with E-state index in [1.165, 1.54) is 6.20 Å². The second-order valence-electron chi connectivity index (χ2n) is 7.92. The summed E-state index contributed by atoms with van der Waals surface area (Å²) in [4.78, 5) is 18.4. The van der Waals surface area contributed by atoms with Crippen LogP contribution in [0.1, 0.15) is 42.1 Å². The van der Waals surface area contributed by atoms with Gasteiger partial charge < -0.3 is 14.4 Å². The first-order valence-corrected chi connectivity index (χ1v) is 12.1. The number of amides is 1. The van der Waals surface area contributed by atoms with Crippen molar-refractivity contribution in [3.8, 4) is 11.5 Å². The summed E-state index contributed by atoms with van der Waals surface area (Å²) in [6.45, 7) is 2.79. The number of carbonyl (C=O) groups is 1. The van der Waals surface area contributed by atoms with Gasteiger partial charge in [0.05, 0.1) is 11.3 Å². The van der Waals surface area contributed by atoms with Gasteiger partial charge in [0, 0.05) is 35.9 Å². The van der Waals surface area contributed by atoms with Crippen LogP contribution < -0.4 is 19.7 Å². The number of benzene rings is 2. The van der Waals surface area contributed by atoms with Crippen molar-refractivity contribution in [2.75, 3.05) is 11.4 Å². The molecule has 0 saturated heterocycles. The van der Waals surface area contributed by atoms with E-state index in [1.807, 2.05) is 35.2 Å². The number of rotatable bonds is 8. The van der Waals surface area contributed by atoms with Gasteiger partial charge in [-0.25, -0.2) is 0 Å². The van der Waals surface area contributed by atoms with Gasteiger partial charge in [0.25, 0.3) is 5.91 Å². The SMILES string of the molecule is CCCCC(Oc1ccc(Cl)cc1)Oc1cccc2c1CCN2C(=S)NC(=O)c1cccnc1. The number of ether oxygens (including phenoxy) is 2. The van der Waals surface area contributed by atoms with Crippen LogP contribution in [0.2, 0.25) is 5.02 Å². The number of thiocarbonyl (C=S) groups is 1. The van der Waals surface area contributed by atoms with Crippen LogP contribution in [0.15, 0.2) is 67.0 Å². The number of nitrogens with zero attached hydrogens (tertiary/aromatic N) is 2. The zero-order valence-electron chi connectivity index (χ0n) is 18.9. The van der Waals surface area contributed by atoms with Crippen molar-refractivity contribution in [2.45, 2.75) is 38.9 Å². The van der Waals surface area contributed by atoms with Crippen molar-refractivity contribution >= 4 is 40.5 Å². The fourth-order valence-electron chi connectivity index (χ4n) is 3.78. The number of carbonyl (C=O) groups excluding carboxylic acids is 1. The van der Waals surface area contributed by atoms with Crippen molar-refractivity contribution in [1.82, 2.24) is 10.3 Å². The minimum absolute atomic E-state index is 0.282. The highest BCUT2D eigenvalue weighted by atomic mass is 35.5. The Morgan fingerprint density at radius 1 is 1.18 bits per heavy atom. The quantitative estimate of drug-likeness (QED) is 0.315. The maximum absolute atomic E-state index is 12.5. The number of pyridine rings is 1. The van der Waals surface area contributed by atoms with Gasteiger partial charge in [0.1, 0.15) is 11.5 Å². The number of aromatic nitrogens is 1. The molecule has 0 fully saturated rings. The molecule has 4 rings (SSSR count). The molecule has 1 aromatic heterocycles. The summed E-state index contributed by atoms with van der Waals surface area (Å²) in [5, 5.41) is 3.82. The van der Waals surface area contributed by atoms with Gasteiger partial charge in [0.15, 0.2) is 5.11 Å². The molecule has 1 amide bonds. The molecule has 1 aliphatic heterocycles. The van der Waals surface area contributed by atoms with Crippen molar-refractivity contribution in [1.29, 1.82) is 0 Å². The Hall–Kier alpha value is -3.16. The Balaban J connectivity index is 1.48. The predicted octanol–water partition coefficient (Wildman–Crippen LogP) is 5.79. The second-order valence-corrected chi connectivity index (χ2v) is 8.74. The van der Waals surface area contributed by atoms with E-state index in [9.17, 15) is 4.79 Å². The molecule has 1 N–H and O–H groups in total. The van der Waals surface area contributed by atoms with Crippen LogP contribution in [-0.4, -0.2) is 28.8 Å². The van der Waals surface area contributed by atoms with Crippen LogP contribution in [0.5, 0.6) is 11.5 Å². The number of anilines is 1. The van der Waals surface area contributed by atoms with Crippen molar-refractivity contribution in [3.63, 3.8) is 0 Å². The monoisotopic (exact) mass is 495 g/mol. The van der Waals surface area contributed by atoms with Gasteiger partial charge in [-0.15, -0.1) is 0 Å². The molecule has 1 atom stereocenters. The van der Waals surface area contributed by atoms with Crippen LogP contribution in [0, 0.1) is 0 Å². The highest BCUT2D eigenvalue weighted by Crippen LogP contribution is 2.36. The first-order valence-electron chi connectivity index (χ1n) is 11.3. The third-order valence-corrected chi connectivity index (χ3v) is 6.08. The van der Waals surface area contributed by atoms with Crippen LogP contribution in [-0.2, 0) is 6.42 Å². The molecule has 1 unspecified atom stereocenters. The number of hydrogen-bond donors (Lipinski definition) is 1. The average Bonchev–Trinajstić information content (AvgIpc) is 3.30. The normalized spacial score (nSPS) is 13.2. The summed E-state index contributed by atoms with van der Waals surface area (Å²) < 4.78 is 12.5. The highest BCUT2D eigenvalue weighted by Gasteiger charge is 2.27. The average molecular weight is 496 g/mol. The molecule has 176 valence electrons. The Morgan fingerprint density at radius 3 is 2.74 bits per heavy atom. The highest BCUT2D eigenvalue weighted by molar-refractivity contribution is 7.80. The smallest absolute Gasteiger partial charge is 0.258 e. The summed E-state index contributed by atoms with van der Waals surface area (Å²) in [5.74, 6) is 1.19. The minimum Gasteiger partial charge on any atom is -0.455 e. The Kier molecular flexibility index (Phi) is 7.98. The Bertz CT molecular complexity index is 1140. The molecule has 34 heavy (non-hydrogen) atoms. The number of unbranched alkanes of at least 4 members (excludes halogenated alkanes) is 1. The molecule has 8 heteroatoms. The first kappa shape index (κ1) is 24.0. The van der Waals surface area contributed by atoms with Crippen molar-refractivity contribution in [3.05, 3.63) is 83.1 Å². The molecule has 0 bridgehead atoms. The van der Waals surface area contributed by atoms with Gasteiger partial charge in [-0.2, -0.15) is 0 Å². The van der Waals surface area contributed by atoms with Crippen LogP contribution >= 0.6 is 23.8 Å². The molecular weight excluding hydrogens is 470 g/mol. The number of hydrogen-bond acceptors (Lipinski definition) is 5. The van der Waals surface area contributed by atoms with E-state index in [0.29, 0.717) is 28.0 Å². The Labute approximate surface area is 209 Å². The minimum atomic E-state index is -0.432. The largest absolute Gasteiger partial charge is 0.455 e. The zero-order valence-corrected chi connectivity index (χ0v) is 20.4. The lowest BCUT2D eigenvalue weighted by Crippen LogP contribution is -2.42. The third-order valence-electron chi connectivity index (χ3n) is 5.51. The van der Waals surface area contributed by atoms with Gasteiger partial charge in [0.2, 0.25) is 6.29 Å². The van der Waals surface area contributed by atoms with E-state index < -0.39 is 6.29 Å². The number of fused-ring (bicyclic) bond motifs is 1. The molecule has 6 nitrogen and oxygen atoms in total. The maximum Gasteiger partial charge on any atom is 0.258 e. The van der Waals surface area contributed by atoms with Gasteiger partial charge in [-0.05, 0) is 73.6 Å². The molecule has 0 spiro atoms. The summed E-state index contributed by atoms with van der Waals surface area (Å²) in [6, 6.07) is 16.6. The lowest BCUT2D eigenvalue weighted by atomic mass is 10.1. The fraction of sp³-hybridized carbons (Fsp3) is 0.269. The Morgan fingerprint density at radius 2 is 2.00 bits per heavy atom. The summed E-state index contributed by atoms with van der Waals surface area (Å²) in [5.41, 5.74) is 2.43. The molecule has 2 heterocycles. The molecule has 3 aromatic rings. The third kappa shape index (κ3) is 5.85. The summed E-state index contributed by atoms with van der Waals surface area (Å²) in [7, 11) is 0. The van der Waals surface area contributed by atoms with Crippen LogP contribution in [0.3, 0.4) is 0 Å². The standard InChI is InChI=1S/C26H26ClN3O3S/c1-2-3-9-24(32-20-12-10-19(27)11-13-20)33-23-8-4-7-22-21(23)14-16-30(22)26(34)29-25(31)18-6-5-15-28-17-18/h4-8,10-13,15,17,24H,2-3,9,14,16H2,1H3,(H,29,31,34). The van der Waals surface area contributed by atoms with E-state index in [4.69, 9.17) is 33.3 Å². The van der Waals surface area contributed by atoms with Gasteiger partial charge >= 0.3 is 0 Å². The number of nitrogens with one attached hydrogen (secondary N) is 1. The summed E-state index contributed by atoms with van der Waals surface area (Å²) in [6.07, 6.45) is 6.22. The summed E-state index contributed by atoms with van der Waals surface area (Å²) >= 11 is 11.5. The first-order chi connectivity index (χ1) is 16.5. The topological polar surface area (TPSA) is 63.7 Å². The molecule has 2 aromatic carbocycles. The van der Waals surface area contributed by atoms with E-state index in [0.717, 1.165) is 42.7 Å². The van der Waals surface area contributed by atoms with Crippen molar-refractivity contribution in [2.24, 2.45) is 0 Å². The van der Waals surface area contributed by atoms with E-state index >= 15 is 0 Å². The lowest BCUT2D eigenvalue weighted by molar-refractivity contribution is -0.00265. The molecule has 0 saturated carbocycles. The number of halogens is 1. The van der Waals surface area contributed by atoms with E-state index in [2.05, 4.69) is 17.2 Å². The lowest BCUT2D eigenvalue weighted by Gasteiger charge is -2.23. The van der Waals surface area contributed by atoms with E-state index in [-0.39, 0.29) is 5.91 Å². The van der Waals surface area contributed by atoms with Crippen LogP contribution in [0.25, 0.3) is 0 Å². The predicted molar refractivity (Wildman–Crippen MR) is 138 cm³/mol. The molecular formula is C26H26ClN3O3S. The fourth-order valence-corrected chi connectivity index (χ4v) is 4.19. The second kappa shape index (κ2) is 11.3. The maximum atomic E-state index is 12.5. The molecule has 0 radical (unpaired) electrons. The van der Waals surface area contributed by atoms with Gasteiger partial charge in [-0.3, -0.25) is 15.1 Å².